The van der Waals surface area contributed by atoms with Gasteiger partial charge >= 0.3 is 0 Å². The number of nitrogens with one attached hydrogen (secondary N) is 1. The fourth-order valence-electron chi connectivity index (χ4n) is 3.80. The maximum atomic E-state index is 13.5. The molecule has 11 nitrogen and oxygen atoms in total. The molecule has 1 aliphatic heterocycles. The number of carbonyl (C=O) groups is 1. The van der Waals surface area contributed by atoms with E-state index in [4.69, 9.17) is 17.3 Å². The minimum atomic E-state index is -4.47. The van der Waals surface area contributed by atoms with Crippen LogP contribution in [0.25, 0.3) is 5.82 Å². The molecule has 0 unspecified atom stereocenters. The molecule has 0 radical (unpaired) electrons. The van der Waals surface area contributed by atoms with Crippen LogP contribution in [0.5, 0.6) is 5.88 Å². The zero-order valence-electron chi connectivity index (χ0n) is 27.7. The van der Waals surface area contributed by atoms with E-state index in [1.807, 2.05) is 4.72 Å². The third-order valence-corrected chi connectivity index (χ3v) is 8.00. The van der Waals surface area contributed by atoms with Gasteiger partial charge in [0.2, 0.25) is 5.88 Å². The zero-order valence-corrected chi connectivity index (χ0v) is 24.5. The molecule has 3 heterocycles. The number of hydrogen-bond acceptors (Lipinski definition) is 9. The predicted molar refractivity (Wildman–Crippen MR) is 153 cm³/mol. The fraction of sp³-hybridized carbons (Fsp3) is 0.520. The Kier molecular flexibility index (Phi) is 6.52. The van der Waals surface area contributed by atoms with Gasteiger partial charge in [0.1, 0.15) is 10.7 Å². The number of amides is 1. The van der Waals surface area contributed by atoms with E-state index in [0.717, 1.165) is 6.21 Å². The lowest BCUT2D eigenvalue weighted by atomic mass is 9.97. The van der Waals surface area contributed by atoms with Crippen LogP contribution in [-0.4, -0.2) is 68.7 Å². The van der Waals surface area contributed by atoms with Gasteiger partial charge in [-0.25, -0.2) is 22.8 Å². The molecule has 3 rings (SSSR count). The molecule has 2 aromatic heterocycles. The molecule has 0 bridgehead atoms. The van der Waals surface area contributed by atoms with Crippen molar-refractivity contribution in [3.05, 3.63) is 40.6 Å². The minimum Gasteiger partial charge on any atom is -0.480 e. The molecule has 3 N–H and O–H groups in total. The number of hydrogen-bond donors (Lipinski definition) is 2. The van der Waals surface area contributed by atoms with E-state index in [2.05, 4.69) is 34.7 Å². The number of aliphatic imine (C=N–C) groups is 1. The molecule has 0 aromatic carbocycles. The first-order valence-corrected chi connectivity index (χ1v) is 17.1. The maximum absolute atomic E-state index is 13.5. The molecule has 0 spiro atoms. The first-order chi connectivity index (χ1) is 19.5. The summed E-state index contributed by atoms with van der Waals surface area (Å²) in [6, 6.07) is 4.42. The number of nitrogens with two attached hydrogens (primary N) is 1. The van der Waals surface area contributed by atoms with E-state index in [0.29, 0.717) is 12.1 Å². The lowest BCUT2D eigenvalue weighted by Crippen LogP contribution is -2.41. The highest BCUT2D eigenvalue weighted by Crippen LogP contribution is 2.37. The molecule has 208 valence electrons. The van der Waals surface area contributed by atoms with Crippen LogP contribution in [0.3, 0.4) is 0 Å². The number of allylic oxidation sites excluding steroid dienone is 2. The number of sulfonamides is 1. The molecule has 1 aliphatic rings. The molecule has 0 aliphatic carbocycles. The van der Waals surface area contributed by atoms with Gasteiger partial charge in [-0.1, -0.05) is 26.5 Å². The van der Waals surface area contributed by atoms with Gasteiger partial charge in [0.15, 0.2) is 5.82 Å². The van der Waals surface area contributed by atoms with Crippen LogP contribution in [-0.2, 0) is 10.0 Å². The lowest BCUT2D eigenvalue weighted by molar-refractivity contribution is 0.0982. The number of carbonyl (C=O) groups excluding carboxylic acids is 1. The monoisotopic (exact) mass is 566 g/mol. The second kappa shape index (κ2) is 10.9. The van der Waals surface area contributed by atoms with E-state index < -0.39 is 53.6 Å². The molecule has 1 fully saturated rings. The van der Waals surface area contributed by atoms with Crippen LogP contribution in [0.2, 0.25) is 19.6 Å². The molecule has 1 amide bonds. The van der Waals surface area contributed by atoms with Gasteiger partial charge in [0.05, 0.1) is 19.9 Å². The van der Waals surface area contributed by atoms with Crippen LogP contribution in [0.1, 0.15) is 51.2 Å². The average molecular weight is 567 g/mol. The number of nitrogens with zero attached hydrogens (tertiary/aromatic N) is 5. The van der Waals surface area contributed by atoms with Crippen LogP contribution >= 0.6 is 0 Å². The molecule has 1 atom stereocenters. The van der Waals surface area contributed by atoms with E-state index >= 15 is 0 Å². The number of anilines is 1. The van der Waals surface area contributed by atoms with Crippen LogP contribution in [0.15, 0.2) is 40.0 Å². The molecule has 1 saturated heterocycles. The van der Waals surface area contributed by atoms with Gasteiger partial charge in [-0.05, 0) is 45.2 Å². The summed E-state index contributed by atoms with van der Waals surface area (Å²) in [5, 5.41) is 4.41. The van der Waals surface area contributed by atoms with Crippen molar-refractivity contribution in [2.24, 2.45) is 16.6 Å². The SMILES string of the molecule is [2H]C([2H])([2H])[C@@H]1CN(c2nc(-n3ccc(OC[Si](C)(C)C)n3)ccc2C(=O)NS(=O)(=O)C(C=NC)=C(C)N)C(C)(C)C1([2H])[2H]. The van der Waals surface area contributed by atoms with Crippen molar-refractivity contribution in [1.82, 2.24) is 19.5 Å². The zero-order chi connectivity index (χ0) is 32.8. The summed E-state index contributed by atoms with van der Waals surface area (Å²) in [4.78, 5) is 22.8. The Morgan fingerprint density at radius 3 is 2.68 bits per heavy atom. The largest absolute Gasteiger partial charge is 0.480 e. The molecular formula is C25H39N7O4SSi. The molecule has 13 heteroatoms. The summed E-state index contributed by atoms with van der Waals surface area (Å²) in [5.74, 6) is -2.06. The van der Waals surface area contributed by atoms with Gasteiger partial charge < -0.3 is 15.4 Å². The highest BCUT2D eigenvalue weighted by molar-refractivity contribution is 7.94. The van der Waals surface area contributed by atoms with Gasteiger partial charge in [-0.15, -0.1) is 5.10 Å². The minimum absolute atomic E-state index is 0.0974. The number of rotatable bonds is 9. The Morgan fingerprint density at radius 1 is 1.39 bits per heavy atom. The number of pyridine rings is 1. The number of ether oxygens (including phenoxy) is 1. The van der Waals surface area contributed by atoms with Crippen molar-refractivity contribution in [3.63, 3.8) is 0 Å². The third kappa shape index (κ3) is 6.81. The van der Waals surface area contributed by atoms with Gasteiger partial charge in [-0.3, -0.25) is 9.79 Å². The van der Waals surface area contributed by atoms with Crippen LogP contribution in [0.4, 0.5) is 5.82 Å². The Hall–Kier alpha value is -3.19. The number of aromatic nitrogens is 3. The smallest absolute Gasteiger partial charge is 0.268 e. The summed E-state index contributed by atoms with van der Waals surface area (Å²) < 4.78 is 76.8. The normalized spacial score (nSPS) is 22.1. The summed E-state index contributed by atoms with van der Waals surface area (Å²) in [6.07, 6.45) is 0.890. The maximum Gasteiger partial charge on any atom is 0.268 e. The second-order valence-electron chi connectivity index (χ2n) is 10.7. The first kappa shape index (κ1) is 22.8. The molecule has 38 heavy (non-hydrogen) atoms. The van der Waals surface area contributed by atoms with Crippen molar-refractivity contribution in [2.75, 3.05) is 24.7 Å². The second-order valence-corrected chi connectivity index (χ2v) is 17.8. The Balaban J connectivity index is 2.16. The highest BCUT2D eigenvalue weighted by Gasteiger charge is 2.39. The van der Waals surface area contributed by atoms with Gasteiger partial charge in [-0.2, -0.15) is 0 Å². The van der Waals surface area contributed by atoms with E-state index in [-0.39, 0.29) is 29.4 Å². The van der Waals surface area contributed by atoms with Crippen LogP contribution in [0, 0.1) is 5.92 Å². The van der Waals surface area contributed by atoms with Crippen LogP contribution < -0.4 is 20.1 Å². The van der Waals surface area contributed by atoms with E-state index in [1.54, 1.807) is 12.3 Å². The molecule has 0 saturated carbocycles. The van der Waals surface area contributed by atoms with Gasteiger partial charge in [0, 0.05) is 50.2 Å². The van der Waals surface area contributed by atoms with Crippen molar-refractivity contribution in [2.45, 2.75) is 59.2 Å². The lowest BCUT2D eigenvalue weighted by Gasteiger charge is -2.34. The summed E-state index contributed by atoms with van der Waals surface area (Å²) in [7, 11) is -4.66. The van der Waals surface area contributed by atoms with Crippen molar-refractivity contribution >= 4 is 36.0 Å². The Bertz CT molecular complexity index is 1550. The molecular weight excluding hydrogens is 522 g/mol. The fourth-order valence-corrected chi connectivity index (χ4v) is 5.51. The van der Waals surface area contributed by atoms with Crippen molar-refractivity contribution in [1.29, 1.82) is 0 Å². The standard InChI is InChI=1S/C25H39N7O4SSi/c1-17-13-25(3,4)31(15-17)23-19(24(33)30-37(34,35)20(14-27-5)18(2)26)9-10-21(28-23)32-12-11-22(29-32)36-16-38(6,7)8/h9-12,14,17H,13,15-16,26H2,1-8H3,(H,30,33)/t17-/m0/s1/i1D3,13D2. The van der Waals surface area contributed by atoms with Gasteiger partial charge in [0.25, 0.3) is 15.9 Å². The van der Waals surface area contributed by atoms with E-state index in [1.165, 1.54) is 49.5 Å². The molecule has 2 aromatic rings. The van der Waals surface area contributed by atoms with Crippen molar-refractivity contribution in [3.8, 4) is 11.7 Å². The first-order valence-electron chi connectivity index (χ1n) is 14.5. The Labute approximate surface area is 233 Å². The van der Waals surface area contributed by atoms with E-state index in [9.17, 15) is 13.2 Å². The van der Waals surface area contributed by atoms with Crippen molar-refractivity contribution < 1.29 is 24.8 Å². The Morgan fingerprint density at radius 2 is 2.11 bits per heavy atom. The quantitative estimate of drug-likeness (QED) is 0.348. The predicted octanol–water partition coefficient (Wildman–Crippen LogP) is 3.10. The topological polar surface area (TPSA) is 145 Å². The average Bonchev–Trinajstić information content (AvgIpc) is 3.40. The highest BCUT2D eigenvalue weighted by atomic mass is 32.2. The third-order valence-electron chi connectivity index (χ3n) is 5.53. The summed E-state index contributed by atoms with van der Waals surface area (Å²) in [6.45, 7) is 7.82. The summed E-state index contributed by atoms with van der Waals surface area (Å²) >= 11 is 0. The summed E-state index contributed by atoms with van der Waals surface area (Å²) in [5.41, 5.74) is 3.93.